The molecule has 1 aromatic rings. The van der Waals surface area contributed by atoms with Crippen molar-refractivity contribution in [3.63, 3.8) is 0 Å². The molecule has 0 spiro atoms. The quantitative estimate of drug-likeness (QED) is 0.819. The maximum atomic E-state index is 12.1. The van der Waals surface area contributed by atoms with E-state index in [2.05, 4.69) is 17.1 Å². The summed E-state index contributed by atoms with van der Waals surface area (Å²) in [5.41, 5.74) is 8.34. The Kier molecular flexibility index (Phi) is 5.62. The first-order valence-electron chi connectivity index (χ1n) is 7.97. The number of rotatable bonds is 5. The Balaban J connectivity index is 1.81. The lowest BCUT2D eigenvalue weighted by Crippen LogP contribution is -2.37. The van der Waals surface area contributed by atoms with E-state index in [0.29, 0.717) is 6.42 Å². The smallest absolute Gasteiger partial charge is 0.225 e. The third-order valence-corrected chi connectivity index (χ3v) is 4.49. The Morgan fingerprint density at radius 3 is 3.05 bits per heavy atom. The minimum atomic E-state index is 0.0716. The zero-order chi connectivity index (χ0) is 15.2. The van der Waals surface area contributed by atoms with Gasteiger partial charge in [-0.2, -0.15) is 0 Å². The predicted molar refractivity (Wildman–Crippen MR) is 88.3 cm³/mol. The Bertz CT molecular complexity index is 487. The second kappa shape index (κ2) is 7.46. The molecule has 1 saturated heterocycles. The summed E-state index contributed by atoms with van der Waals surface area (Å²) >= 11 is 0. The van der Waals surface area contributed by atoms with Crippen LogP contribution < -0.4 is 11.1 Å². The van der Waals surface area contributed by atoms with Crippen LogP contribution in [0.25, 0.3) is 0 Å². The average Bonchev–Trinajstić information content (AvgIpc) is 2.50. The number of likely N-dealkylation sites (tertiary alicyclic amines) is 1. The lowest BCUT2D eigenvalue weighted by Gasteiger charge is -2.32. The second-order valence-corrected chi connectivity index (χ2v) is 6.04. The standard InChI is InChI=1S/C17H27N3O/c1-3-14-6-5-10-20(12-14)11-9-17(21)19-16-8-4-7-15(18)13(16)2/h4,7-8,14H,3,5-6,9-12,18H2,1-2H3,(H,19,21). The van der Waals surface area contributed by atoms with Crippen molar-refractivity contribution in [2.75, 3.05) is 30.7 Å². The van der Waals surface area contributed by atoms with Crippen molar-refractivity contribution in [2.45, 2.75) is 39.5 Å². The van der Waals surface area contributed by atoms with Crippen molar-refractivity contribution < 1.29 is 4.79 Å². The highest BCUT2D eigenvalue weighted by atomic mass is 16.1. The van der Waals surface area contributed by atoms with Gasteiger partial charge >= 0.3 is 0 Å². The van der Waals surface area contributed by atoms with Crippen LogP contribution in [0.4, 0.5) is 11.4 Å². The Hall–Kier alpha value is -1.55. The van der Waals surface area contributed by atoms with Crippen LogP contribution in [0.3, 0.4) is 0 Å². The van der Waals surface area contributed by atoms with Crippen LogP contribution in [0.2, 0.25) is 0 Å². The van der Waals surface area contributed by atoms with E-state index in [-0.39, 0.29) is 5.91 Å². The Morgan fingerprint density at radius 2 is 2.29 bits per heavy atom. The van der Waals surface area contributed by atoms with Crippen LogP contribution in [-0.4, -0.2) is 30.4 Å². The van der Waals surface area contributed by atoms with Crippen LogP contribution in [0.15, 0.2) is 18.2 Å². The number of carbonyl (C=O) groups excluding carboxylic acids is 1. The summed E-state index contributed by atoms with van der Waals surface area (Å²) in [6.07, 6.45) is 4.38. The summed E-state index contributed by atoms with van der Waals surface area (Å²) < 4.78 is 0. The number of anilines is 2. The summed E-state index contributed by atoms with van der Waals surface area (Å²) in [6.45, 7) is 7.30. The van der Waals surface area contributed by atoms with E-state index in [4.69, 9.17) is 5.73 Å². The Labute approximate surface area is 127 Å². The van der Waals surface area contributed by atoms with E-state index in [9.17, 15) is 4.79 Å². The SMILES string of the molecule is CCC1CCCN(CCC(=O)Nc2cccc(N)c2C)C1. The number of hydrogen-bond donors (Lipinski definition) is 2. The molecule has 0 saturated carbocycles. The fourth-order valence-corrected chi connectivity index (χ4v) is 2.95. The molecule has 0 radical (unpaired) electrons. The fraction of sp³-hybridized carbons (Fsp3) is 0.588. The lowest BCUT2D eigenvalue weighted by molar-refractivity contribution is -0.116. The first kappa shape index (κ1) is 15.8. The maximum absolute atomic E-state index is 12.1. The van der Waals surface area contributed by atoms with E-state index < -0.39 is 0 Å². The van der Waals surface area contributed by atoms with E-state index >= 15 is 0 Å². The summed E-state index contributed by atoms with van der Waals surface area (Å²) in [4.78, 5) is 14.5. The number of piperidine rings is 1. The molecule has 1 heterocycles. The molecule has 1 aliphatic rings. The molecule has 0 aliphatic carbocycles. The van der Waals surface area contributed by atoms with Gasteiger partial charge in [-0.1, -0.05) is 19.4 Å². The molecule has 1 fully saturated rings. The zero-order valence-corrected chi connectivity index (χ0v) is 13.2. The minimum Gasteiger partial charge on any atom is -0.398 e. The molecule has 1 amide bonds. The minimum absolute atomic E-state index is 0.0716. The molecule has 4 heteroatoms. The van der Waals surface area contributed by atoms with Crippen molar-refractivity contribution in [1.82, 2.24) is 4.90 Å². The molecule has 21 heavy (non-hydrogen) atoms. The molecule has 1 aliphatic heterocycles. The van der Waals surface area contributed by atoms with Crippen molar-refractivity contribution in [1.29, 1.82) is 0 Å². The van der Waals surface area contributed by atoms with Gasteiger partial charge in [0, 0.05) is 30.9 Å². The van der Waals surface area contributed by atoms with Gasteiger partial charge in [0.15, 0.2) is 0 Å². The molecule has 4 nitrogen and oxygen atoms in total. The molecule has 2 rings (SSSR count). The monoisotopic (exact) mass is 289 g/mol. The van der Waals surface area contributed by atoms with Gasteiger partial charge in [-0.15, -0.1) is 0 Å². The van der Waals surface area contributed by atoms with Gasteiger partial charge < -0.3 is 16.0 Å². The van der Waals surface area contributed by atoms with E-state index in [1.807, 2.05) is 25.1 Å². The van der Waals surface area contributed by atoms with Crippen molar-refractivity contribution in [3.05, 3.63) is 23.8 Å². The highest BCUT2D eigenvalue weighted by Gasteiger charge is 2.18. The third-order valence-electron chi connectivity index (χ3n) is 4.49. The fourth-order valence-electron chi connectivity index (χ4n) is 2.95. The number of benzene rings is 1. The molecule has 1 unspecified atom stereocenters. The Morgan fingerprint density at radius 1 is 1.48 bits per heavy atom. The first-order chi connectivity index (χ1) is 10.1. The summed E-state index contributed by atoms with van der Waals surface area (Å²) in [5, 5.41) is 2.97. The van der Waals surface area contributed by atoms with Gasteiger partial charge in [-0.25, -0.2) is 0 Å². The normalized spacial score (nSPS) is 19.4. The summed E-state index contributed by atoms with van der Waals surface area (Å²) in [6, 6.07) is 5.62. The second-order valence-electron chi connectivity index (χ2n) is 6.04. The van der Waals surface area contributed by atoms with Crippen molar-refractivity contribution in [2.24, 2.45) is 5.92 Å². The van der Waals surface area contributed by atoms with Crippen molar-refractivity contribution >= 4 is 17.3 Å². The van der Waals surface area contributed by atoms with E-state index in [1.165, 1.54) is 19.3 Å². The van der Waals surface area contributed by atoms with Gasteiger partial charge in [0.1, 0.15) is 0 Å². The lowest BCUT2D eigenvalue weighted by atomic mass is 9.95. The van der Waals surface area contributed by atoms with Crippen molar-refractivity contribution in [3.8, 4) is 0 Å². The average molecular weight is 289 g/mol. The van der Waals surface area contributed by atoms with Crippen LogP contribution in [0.5, 0.6) is 0 Å². The summed E-state index contributed by atoms with van der Waals surface area (Å²) in [5.74, 6) is 0.875. The van der Waals surface area contributed by atoms with Crippen LogP contribution in [-0.2, 0) is 4.79 Å². The molecule has 1 aromatic carbocycles. The molecular weight excluding hydrogens is 262 g/mol. The summed E-state index contributed by atoms with van der Waals surface area (Å²) in [7, 11) is 0. The van der Waals surface area contributed by atoms with Gasteiger partial charge in [0.05, 0.1) is 0 Å². The number of carbonyl (C=O) groups is 1. The highest BCUT2D eigenvalue weighted by Crippen LogP contribution is 2.21. The topological polar surface area (TPSA) is 58.4 Å². The molecule has 0 bridgehead atoms. The largest absolute Gasteiger partial charge is 0.398 e. The first-order valence-corrected chi connectivity index (χ1v) is 7.97. The van der Waals surface area contributed by atoms with E-state index in [0.717, 1.165) is 42.5 Å². The van der Waals surface area contributed by atoms with Gasteiger partial charge in [-0.05, 0) is 49.9 Å². The molecule has 3 N–H and O–H groups in total. The molecule has 1 atom stereocenters. The molecule has 116 valence electrons. The van der Waals surface area contributed by atoms with Crippen LogP contribution in [0.1, 0.15) is 38.2 Å². The molecule has 0 aromatic heterocycles. The van der Waals surface area contributed by atoms with Gasteiger partial charge in [-0.3, -0.25) is 4.79 Å². The van der Waals surface area contributed by atoms with Gasteiger partial charge in [0.2, 0.25) is 5.91 Å². The highest BCUT2D eigenvalue weighted by molar-refractivity contribution is 5.92. The number of nitrogen functional groups attached to an aromatic ring is 1. The van der Waals surface area contributed by atoms with Crippen LogP contribution >= 0.6 is 0 Å². The number of nitrogens with one attached hydrogen (secondary N) is 1. The number of amides is 1. The maximum Gasteiger partial charge on any atom is 0.225 e. The number of nitrogens with two attached hydrogens (primary N) is 1. The predicted octanol–water partition coefficient (Wildman–Crippen LogP) is 3.03. The van der Waals surface area contributed by atoms with E-state index in [1.54, 1.807) is 0 Å². The van der Waals surface area contributed by atoms with Gasteiger partial charge in [0.25, 0.3) is 0 Å². The molecular formula is C17H27N3O. The number of nitrogens with zero attached hydrogens (tertiary/aromatic N) is 1. The van der Waals surface area contributed by atoms with Crippen LogP contribution in [0, 0.1) is 12.8 Å². The number of hydrogen-bond acceptors (Lipinski definition) is 3. The zero-order valence-electron chi connectivity index (χ0n) is 13.2. The third kappa shape index (κ3) is 4.46.